The van der Waals surface area contributed by atoms with Crippen molar-refractivity contribution in [1.82, 2.24) is 4.98 Å². The second-order valence-corrected chi connectivity index (χ2v) is 9.30. The zero-order chi connectivity index (χ0) is 25.6. The highest BCUT2D eigenvalue weighted by atomic mass is 35.5. The first kappa shape index (κ1) is 23.5. The number of nitrogens with zero attached hydrogens (tertiary/aromatic N) is 3. The molecule has 1 N–H and O–H groups in total. The Balaban J connectivity index is 1.71. The lowest BCUT2D eigenvalue weighted by atomic mass is 9.95. The van der Waals surface area contributed by atoms with Gasteiger partial charge in [0.15, 0.2) is 5.13 Å². The minimum absolute atomic E-state index is 0.152. The van der Waals surface area contributed by atoms with E-state index < -0.39 is 28.4 Å². The zero-order valence-corrected chi connectivity index (χ0v) is 20.1. The highest BCUT2D eigenvalue weighted by Crippen LogP contribution is 2.45. The predicted molar refractivity (Wildman–Crippen MR) is 136 cm³/mol. The maximum Gasteiger partial charge on any atom is 0.301 e. The molecule has 0 saturated carbocycles. The minimum atomic E-state index is -1.07. The van der Waals surface area contributed by atoms with E-state index in [0.29, 0.717) is 27.4 Å². The summed E-state index contributed by atoms with van der Waals surface area (Å²) in [5.41, 5.74) is 0.969. The molecule has 1 aromatic heterocycles. The number of anilines is 1. The number of nitro benzene ring substituents is 1. The third-order valence-electron chi connectivity index (χ3n) is 5.77. The summed E-state index contributed by atoms with van der Waals surface area (Å²) in [6, 6.07) is 15.8. The van der Waals surface area contributed by atoms with Gasteiger partial charge in [0.2, 0.25) is 0 Å². The molecule has 11 heteroatoms. The molecule has 1 aliphatic rings. The number of halogens is 1. The molecule has 1 saturated heterocycles. The number of aromatic nitrogens is 1. The number of carbonyl (C=O) groups excluding carboxylic acids is 2. The van der Waals surface area contributed by atoms with Crippen molar-refractivity contribution in [3.63, 3.8) is 0 Å². The summed E-state index contributed by atoms with van der Waals surface area (Å²) >= 11 is 7.14. The summed E-state index contributed by atoms with van der Waals surface area (Å²) in [6.45, 7) is 0. The number of aliphatic hydroxyl groups is 1. The van der Waals surface area contributed by atoms with Gasteiger partial charge >= 0.3 is 5.91 Å². The van der Waals surface area contributed by atoms with Crippen LogP contribution in [0.4, 0.5) is 10.8 Å². The third kappa shape index (κ3) is 3.96. The normalized spacial score (nSPS) is 17.1. The average molecular weight is 522 g/mol. The van der Waals surface area contributed by atoms with Crippen LogP contribution in [0.1, 0.15) is 17.2 Å². The first-order chi connectivity index (χ1) is 17.3. The largest absolute Gasteiger partial charge is 0.507 e. The number of ether oxygens (including phenoxy) is 1. The fourth-order valence-corrected chi connectivity index (χ4v) is 5.16. The van der Waals surface area contributed by atoms with Gasteiger partial charge in [0.25, 0.3) is 11.5 Å². The highest BCUT2D eigenvalue weighted by Gasteiger charge is 2.48. The molecule has 1 atom stereocenters. The van der Waals surface area contributed by atoms with E-state index in [1.54, 1.807) is 30.3 Å². The van der Waals surface area contributed by atoms with Gasteiger partial charge in [0, 0.05) is 22.7 Å². The van der Waals surface area contributed by atoms with Crippen LogP contribution >= 0.6 is 22.9 Å². The number of aliphatic hydroxyl groups excluding tert-OH is 1. The molecule has 1 fully saturated rings. The van der Waals surface area contributed by atoms with Crippen LogP contribution in [0.2, 0.25) is 5.02 Å². The number of thiazole rings is 1. The Morgan fingerprint density at radius 3 is 2.44 bits per heavy atom. The lowest BCUT2D eigenvalue weighted by Gasteiger charge is -2.22. The number of rotatable bonds is 5. The monoisotopic (exact) mass is 521 g/mol. The molecule has 0 radical (unpaired) electrons. The standard InChI is InChI=1S/C25H16ClN3O6S/c1-35-17-10-11-18-19(12-17)36-25(27-18)28-21(13-4-8-16(9-5-13)29(33)34)20(23(31)24(28)32)22(30)14-2-6-15(26)7-3-14/h2-12,21,30H,1H3. The van der Waals surface area contributed by atoms with Gasteiger partial charge in [-0.2, -0.15) is 0 Å². The van der Waals surface area contributed by atoms with Gasteiger partial charge in [-0.05, 0) is 60.2 Å². The lowest BCUT2D eigenvalue weighted by Crippen LogP contribution is -2.29. The van der Waals surface area contributed by atoms with Crippen molar-refractivity contribution in [2.75, 3.05) is 12.0 Å². The molecular formula is C25H16ClN3O6S. The van der Waals surface area contributed by atoms with Crippen LogP contribution in [-0.2, 0) is 9.59 Å². The fourth-order valence-electron chi connectivity index (χ4n) is 4.01. The minimum Gasteiger partial charge on any atom is -0.507 e. The Bertz CT molecular complexity index is 1560. The number of non-ortho nitro benzene ring substituents is 1. The number of benzene rings is 3. The number of fused-ring (bicyclic) bond motifs is 1. The van der Waals surface area contributed by atoms with Crippen molar-refractivity contribution in [2.24, 2.45) is 0 Å². The number of carbonyl (C=O) groups is 2. The quantitative estimate of drug-likeness (QED) is 0.121. The van der Waals surface area contributed by atoms with E-state index in [9.17, 15) is 24.8 Å². The molecule has 1 unspecified atom stereocenters. The first-order valence-electron chi connectivity index (χ1n) is 10.5. The van der Waals surface area contributed by atoms with E-state index >= 15 is 0 Å². The van der Waals surface area contributed by atoms with Crippen LogP contribution in [0.5, 0.6) is 5.75 Å². The molecule has 2 heterocycles. The number of hydrogen-bond donors (Lipinski definition) is 1. The molecule has 36 heavy (non-hydrogen) atoms. The van der Waals surface area contributed by atoms with Gasteiger partial charge in [0.05, 0.1) is 33.9 Å². The van der Waals surface area contributed by atoms with Gasteiger partial charge < -0.3 is 9.84 Å². The Morgan fingerprint density at radius 1 is 1.11 bits per heavy atom. The molecule has 4 aromatic rings. The smallest absolute Gasteiger partial charge is 0.301 e. The van der Waals surface area contributed by atoms with Crippen molar-refractivity contribution in [1.29, 1.82) is 0 Å². The van der Waals surface area contributed by atoms with Crippen LogP contribution in [0.25, 0.3) is 16.0 Å². The van der Waals surface area contributed by atoms with Crippen LogP contribution in [0.15, 0.2) is 72.3 Å². The third-order valence-corrected chi connectivity index (χ3v) is 7.04. The van der Waals surface area contributed by atoms with Gasteiger partial charge in [-0.25, -0.2) is 4.98 Å². The maximum atomic E-state index is 13.3. The maximum absolute atomic E-state index is 13.3. The van der Waals surface area contributed by atoms with Crippen LogP contribution in [0, 0.1) is 10.1 Å². The summed E-state index contributed by atoms with van der Waals surface area (Å²) in [4.78, 5) is 42.9. The molecule has 9 nitrogen and oxygen atoms in total. The van der Waals surface area contributed by atoms with Crippen molar-refractivity contribution < 1.29 is 24.4 Å². The van der Waals surface area contributed by atoms with Crippen molar-refractivity contribution in [3.8, 4) is 5.75 Å². The van der Waals surface area contributed by atoms with Gasteiger partial charge in [0.1, 0.15) is 11.5 Å². The molecular weight excluding hydrogens is 506 g/mol. The SMILES string of the molecule is COc1ccc2nc(N3C(=O)C(=O)C(=C(O)c4ccc(Cl)cc4)C3c3ccc([N+](=O)[O-])cc3)sc2c1. The predicted octanol–water partition coefficient (Wildman–Crippen LogP) is 5.49. The summed E-state index contributed by atoms with van der Waals surface area (Å²) in [6.07, 6.45) is 0. The van der Waals surface area contributed by atoms with E-state index in [2.05, 4.69) is 4.98 Å². The molecule has 5 rings (SSSR count). The summed E-state index contributed by atoms with van der Waals surface area (Å²) in [7, 11) is 1.53. The molecule has 0 spiro atoms. The number of ketones is 1. The molecule has 180 valence electrons. The van der Waals surface area contributed by atoms with Crippen molar-refractivity contribution in [3.05, 3.63) is 98.6 Å². The number of amides is 1. The van der Waals surface area contributed by atoms with E-state index in [1.807, 2.05) is 0 Å². The molecule has 0 aliphatic carbocycles. The summed E-state index contributed by atoms with van der Waals surface area (Å²) < 4.78 is 5.99. The Hall–Kier alpha value is -4.28. The summed E-state index contributed by atoms with van der Waals surface area (Å²) in [5.74, 6) is -1.56. The van der Waals surface area contributed by atoms with E-state index in [4.69, 9.17) is 16.3 Å². The van der Waals surface area contributed by atoms with Crippen LogP contribution in [0.3, 0.4) is 0 Å². The second kappa shape index (κ2) is 9.06. The lowest BCUT2D eigenvalue weighted by molar-refractivity contribution is -0.384. The van der Waals surface area contributed by atoms with Crippen LogP contribution < -0.4 is 9.64 Å². The van der Waals surface area contributed by atoms with E-state index in [1.165, 1.54) is 59.7 Å². The highest BCUT2D eigenvalue weighted by molar-refractivity contribution is 7.22. The Kier molecular flexibility index (Phi) is 5.91. The van der Waals surface area contributed by atoms with Crippen LogP contribution in [-0.4, -0.2) is 33.8 Å². The fraction of sp³-hybridized carbons (Fsp3) is 0.0800. The van der Waals surface area contributed by atoms with Gasteiger partial charge in [-0.1, -0.05) is 22.9 Å². The second-order valence-electron chi connectivity index (χ2n) is 7.85. The topological polar surface area (TPSA) is 123 Å². The van der Waals surface area contributed by atoms with Gasteiger partial charge in [-0.3, -0.25) is 24.6 Å². The van der Waals surface area contributed by atoms with Crippen molar-refractivity contribution in [2.45, 2.75) is 6.04 Å². The van der Waals surface area contributed by atoms with E-state index in [-0.39, 0.29) is 16.4 Å². The summed E-state index contributed by atoms with van der Waals surface area (Å²) in [5, 5.41) is 23.0. The molecule has 1 aliphatic heterocycles. The zero-order valence-electron chi connectivity index (χ0n) is 18.5. The molecule has 0 bridgehead atoms. The molecule has 3 aromatic carbocycles. The Morgan fingerprint density at radius 2 is 1.81 bits per heavy atom. The van der Waals surface area contributed by atoms with Crippen molar-refractivity contribution >= 4 is 61.4 Å². The molecule has 1 amide bonds. The van der Waals surface area contributed by atoms with Gasteiger partial charge in [-0.15, -0.1) is 0 Å². The number of Topliss-reactive ketones (excluding diaryl/α,β-unsaturated/α-hetero) is 1. The average Bonchev–Trinajstić information content (AvgIpc) is 3.41. The number of nitro groups is 1. The first-order valence-corrected chi connectivity index (χ1v) is 11.7. The number of methoxy groups -OCH3 is 1. The Labute approximate surface area is 213 Å². The van der Waals surface area contributed by atoms with E-state index in [0.717, 1.165) is 4.70 Å². The number of hydrogen-bond acceptors (Lipinski definition) is 8.